The molecule has 0 aliphatic carbocycles. The minimum Gasteiger partial charge on any atom is -0.469 e. The summed E-state index contributed by atoms with van der Waals surface area (Å²) >= 11 is 0. The van der Waals surface area contributed by atoms with Crippen molar-refractivity contribution in [1.82, 2.24) is 5.32 Å². The van der Waals surface area contributed by atoms with Crippen molar-refractivity contribution in [1.29, 1.82) is 0 Å². The Morgan fingerprint density at radius 3 is 2.33 bits per heavy atom. The largest absolute Gasteiger partial charge is 0.469 e. The van der Waals surface area contributed by atoms with Gasteiger partial charge in [-0.15, -0.1) is 0 Å². The van der Waals surface area contributed by atoms with E-state index in [0.717, 1.165) is 24.3 Å². The van der Waals surface area contributed by atoms with E-state index < -0.39 is 0 Å². The van der Waals surface area contributed by atoms with Crippen LogP contribution in [-0.2, 0) is 0 Å². The molecule has 2 nitrogen and oxygen atoms in total. The fourth-order valence-corrected chi connectivity index (χ4v) is 2.96. The van der Waals surface area contributed by atoms with Crippen molar-refractivity contribution >= 4 is 0 Å². The smallest absolute Gasteiger partial charge is 0.123 e. The Morgan fingerprint density at radius 2 is 1.67 bits per heavy atom. The lowest BCUT2D eigenvalue weighted by molar-refractivity contribution is 0.457. The van der Waals surface area contributed by atoms with Crippen LogP contribution in [-0.4, -0.2) is 6.54 Å². The van der Waals surface area contributed by atoms with E-state index >= 15 is 0 Å². The second-order valence-corrected chi connectivity index (χ2v) is 5.99. The van der Waals surface area contributed by atoms with Crippen LogP contribution in [0, 0.1) is 5.82 Å². The van der Waals surface area contributed by atoms with Crippen molar-refractivity contribution in [2.75, 3.05) is 6.54 Å². The molecule has 2 atom stereocenters. The number of hydrogen-bond acceptors (Lipinski definition) is 2. The van der Waals surface area contributed by atoms with E-state index in [1.54, 1.807) is 6.26 Å². The molecule has 0 aliphatic rings. The molecule has 0 saturated carbocycles. The molecule has 1 heterocycles. The normalized spacial score (nSPS) is 13.6. The zero-order valence-electron chi connectivity index (χ0n) is 13.8. The van der Waals surface area contributed by atoms with Crippen LogP contribution in [0.3, 0.4) is 0 Å². The third-order valence-corrected chi connectivity index (χ3v) is 4.34. The molecule has 0 fully saturated rings. The number of benzene rings is 2. The van der Waals surface area contributed by atoms with E-state index in [2.05, 4.69) is 36.5 Å². The molecule has 1 aromatic heterocycles. The highest BCUT2D eigenvalue weighted by Gasteiger charge is 2.17. The third kappa shape index (κ3) is 4.12. The van der Waals surface area contributed by atoms with E-state index in [1.807, 2.05) is 30.3 Å². The average molecular weight is 323 g/mol. The predicted octanol–water partition coefficient (Wildman–Crippen LogP) is 5.29. The fourth-order valence-electron chi connectivity index (χ4n) is 2.96. The minimum absolute atomic E-state index is 0.121. The van der Waals surface area contributed by atoms with Crippen LogP contribution >= 0.6 is 0 Å². The van der Waals surface area contributed by atoms with Gasteiger partial charge in [0.2, 0.25) is 0 Å². The summed E-state index contributed by atoms with van der Waals surface area (Å²) in [6.07, 6.45) is 2.57. The van der Waals surface area contributed by atoms with E-state index in [4.69, 9.17) is 4.42 Å². The highest BCUT2D eigenvalue weighted by molar-refractivity contribution is 5.27. The molecule has 0 amide bonds. The van der Waals surface area contributed by atoms with Gasteiger partial charge in [-0.3, -0.25) is 0 Å². The maximum atomic E-state index is 13.2. The van der Waals surface area contributed by atoms with Gasteiger partial charge in [0.25, 0.3) is 0 Å². The van der Waals surface area contributed by atoms with Gasteiger partial charge in [0, 0.05) is 12.0 Å². The second-order valence-electron chi connectivity index (χ2n) is 5.99. The van der Waals surface area contributed by atoms with Gasteiger partial charge in [0.05, 0.1) is 6.26 Å². The highest BCUT2D eigenvalue weighted by atomic mass is 19.1. The maximum Gasteiger partial charge on any atom is 0.123 e. The van der Waals surface area contributed by atoms with Gasteiger partial charge in [0.1, 0.15) is 11.6 Å². The standard InChI is InChI=1S/C21H22FNO/c1-16(17-6-3-2-4-7-17)23-14-13-20(21-8-5-15-24-21)18-9-11-19(22)12-10-18/h2-12,15-16,20,23H,13-14H2,1H3/t16-,20-/m1/s1. The van der Waals surface area contributed by atoms with E-state index in [0.29, 0.717) is 0 Å². The maximum absolute atomic E-state index is 13.2. The van der Waals surface area contributed by atoms with Crippen LogP contribution in [0.4, 0.5) is 4.39 Å². The van der Waals surface area contributed by atoms with E-state index in [9.17, 15) is 4.39 Å². The topological polar surface area (TPSA) is 25.2 Å². The molecule has 0 unspecified atom stereocenters. The molecular formula is C21H22FNO. The molecule has 0 saturated heterocycles. The average Bonchev–Trinajstić information content (AvgIpc) is 3.15. The summed E-state index contributed by atoms with van der Waals surface area (Å²) in [5.41, 5.74) is 2.34. The first-order chi connectivity index (χ1) is 11.7. The molecule has 3 rings (SSSR count). The fraction of sp³-hybridized carbons (Fsp3) is 0.238. The van der Waals surface area contributed by atoms with Crippen LogP contribution < -0.4 is 5.32 Å². The summed E-state index contributed by atoms with van der Waals surface area (Å²) in [7, 11) is 0. The van der Waals surface area contributed by atoms with Crippen molar-refractivity contribution < 1.29 is 8.81 Å². The highest BCUT2D eigenvalue weighted by Crippen LogP contribution is 2.28. The van der Waals surface area contributed by atoms with Gasteiger partial charge in [-0.1, -0.05) is 42.5 Å². The quantitative estimate of drug-likeness (QED) is 0.639. The van der Waals surface area contributed by atoms with Crippen LogP contribution in [0.5, 0.6) is 0 Å². The van der Waals surface area contributed by atoms with Gasteiger partial charge >= 0.3 is 0 Å². The molecule has 24 heavy (non-hydrogen) atoms. The monoisotopic (exact) mass is 323 g/mol. The zero-order valence-corrected chi connectivity index (χ0v) is 13.8. The molecule has 0 spiro atoms. The third-order valence-electron chi connectivity index (χ3n) is 4.34. The van der Waals surface area contributed by atoms with Crippen molar-refractivity contribution in [2.45, 2.75) is 25.3 Å². The number of hydrogen-bond donors (Lipinski definition) is 1. The van der Waals surface area contributed by atoms with Crippen LogP contribution in [0.25, 0.3) is 0 Å². The van der Waals surface area contributed by atoms with Crippen molar-refractivity contribution in [3.63, 3.8) is 0 Å². The van der Waals surface area contributed by atoms with Gasteiger partial charge in [-0.05, 0) is 55.3 Å². The summed E-state index contributed by atoms with van der Waals surface area (Å²) in [6.45, 7) is 3.01. The molecule has 3 heteroatoms. The molecule has 0 radical (unpaired) electrons. The number of furan rings is 1. The Morgan fingerprint density at radius 1 is 0.917 bits per heavy atom. The Bertz CT molecular complexity index is 722. The Kier molecular flexibility index (Phi) is 5.44. The lowest BCUT2D eigenvalue weighted by atomic mass is 9.93. The minimum atomic E-state index is -0.215. The lowest BCUT2D eigenvalue weighted by Gasteiger charge is -2.18. The van der Waals surface area contributed by atoms with Crippen LogP contribution in [0.2, 0.25) is 0 Å². The molecule has 2 aromatic carbocycles. The molecule has 1 N–H and O–H groups in total. The summed E-state index contributed by atoms with van der Waals surface area (Å²) in [6, 6.07) is 21.2. The predicted molar refractivity (Wildman–Crippen MR) is 94.4 cm³/mol. The van der Waals surface area contributed by atoms with Gasteiger partial charge < -0.3 is 9.73 Å². The Labute approximate surface area is 142 Å². The second kappa shape index (κ2) is 7.93. The molecule has 0 bridgehead atoms. The summed E-state index contributed by atoms with van der Waals surface area (Å²) in [5.74, 6) is 0.819. The SMILES string of the molecule is C[C@@H](NCC[C@H](c1ccc(F)cc1)c1ccco1)c1ccccc1. The van der Waals surface area contributed by atoms with Gasteiger partial charge in [-0.25, -0.2) is 4.39 Å². The summed E-state index contributed by atoms with van der Waals surface area (Å²) in [4.78, 5) is 0. The van der Waals surface area contributed by atoms with Crippen molar-refractivity contribution in [3.8, 4) is 0 Å². The molecular weight excluding hydrogens is 301 g/mol. The lowest BCUT2D eigenvalue weighted by Crippen LogP contribution is -2.21. The first kappa shape index (κ1) is 16.5. The summed E-state index contributed by atoms with van der Waals surface area (Å²) in [5, 5.41) is 3.56. The molecule has 124 valence electrons. The Balaban J connectivity index is 1.66. The van der Waals surface area contributed by atoms with Crippen molar-refractivity contribution in [2.24, 2.45) is 0 Å². The Hall–Kier alpha value is -2.39. The van der Waals surface area contributed by atoms with Gasteiger partial charge in [0.15, 0.2) is 0 Å². The van der Waals surface area contributed by atoms with Crippen molar-refractivity contribution in [3.05, 3.63) is 95.7 Å². The van der Waals surface area contributed by atoms with Gasteiger partial charge in [-0.2, -0.15) is 0 Å². The number of halogens is 1. The molecule has 3 aromatic rings. The number of nitrogens with one attached hydrogen (secondary N) is 1. The molecule has 0 aliphatic heterocycles. The summed E-state index contributed by atoms with van der Waals surface area (Å²) < 4.78 is 18.8. The first-order valence-electron chi connectivity index (χ1n) is 8.31. The van der Waals surface area contributed by atoms with Crippen LogP contribution in [0.1, 0.15) is 42.2 Å². The van der Waals surface area contributed by atoms with E-state index in [-0.39, 0.29) is 17.8 Å². The van der Waals surface area contributed by atoms with E-state index in [1.165, 1.54) is 17.7 Å². The number of rotatable bonds is 7. The zero-order chi connectivity index (χ0) is 16.8. The van der Waals surface area contributed by atoms with Crippen LogP contribution in [0.15, 0.2) is 77.4 Å². The first-order valence-corrected chi connectivity index (χ1v) is 8.31.